The first-order valence-electron chi connectivity index (χ1n) is 6.03. The van der Waals surface area contributed by atoms with Crippen LogP contribution in [0.2, 0.25) is 0 Å². The molecule has 2 heteroatoms. The summed E-state index contributed by atoms with van der Waals surface area (Å²) < 4.78 is 0. The van der Waals surface area contributed by atoms with Crippen LogP contribution >= 0.6 is 7.92 Å². The maximum Gasteiger partial charge on any atom is 0.0696 e. The molecule has 0 amide bonds. The number of aliphatic hydroxyl groups excluding tert-OH is 1. The number of benzene rings is 2. The van der Waals surface area contributed by atoms with E-state index < -0.39 is 14.0 Å². The molecule has 1 nitrogen and oxygen atoms in total. The van der Waals surface area contributed by atoms with Gasteiger partial charge in [0.05, 0.1) is 6.10 Å². The van der Waals surface area contributed by atoms with Crippen molar-refractivity contribution in [1.29, 1.82) is 0 Å². The minimum atomic E-state index is -0.524. The lowest BCUT2D eigenvalue weighted by molar-refractivity contribution is 0.244. The Hall–Kier alpha value is -1.43. The van der Waals surface area contributed by atoms with Crippen molar-refractivity contribution < 1.29 is 5.11 Å². The minimum absolute atomic E-state index is 0.401. The average molecular weight is 256 g/mol. The van der Waals surface area contributed by atoms with E-state index in [1.54, 1.807) is 6.92 Å². The van der Waals surface area contributed by atoms with E-state index in [2.05, 4.69) is 54.3 Å². The molecular formula is C16H17OP. The van der Waals surface area contributed by atoms with Crippen molar-refractivity contribution in [2.75, 3.05) is 0 Å². The summed E-state index contributed by atoms with van der Waals surface area (Å²) in [6, 6.07) is 20.9. The van der Waals surface area contributed by atoms with Crippen LogP contribution in [-0.2, 0) is 0 Å². The van der Waals surface area contributed by atoms with Gasteiger partial charge in [-0.15, -0.1) is 0 Å². The monoisotopic (exact) mass is 256 g/mol. The smallest absolute Gasteiger partial charge is 0.0696 e. The Labute approximate surface area is 110 Å². The highest BCUT2D eigenvalue weighted by atomic mass is 31.1. The third-order valence-corrected chi connectivity index (χ3v) is 4.76. The van der Waals surface area contributed by atoms with E-state index in [1.165, 1.54) is 10.6 Å². The van der Waals surface area contributed by atoms with Crippen molar-refractivity contribution >= 4 is 18.5 Å². The highest BCUT2D eigenvalue weighted by Crippen LogP contribution is 2.34. The summed E-state index contributed by atoms with van der Waals surface area (Å²) in [7, 11) is -0.524. The molecule has 0 aliphatic rings. The first kappa shape index (κ1) is 13.0. The summed E-state index contributed by atoms with van der Waals surface area (Å²) in [6.45, 7) is 1.78. The van der Waals surface area contributed by atoms with E-state index in [4.69, 9.17) is 0 Å². The Bertz CT molecular complexity index is 452. The molecule has 2 aromatic rings. The van der Waals surface area contributed by atoms with Gasteiger partial charge in [0.2, 0.25) is 0 Å². The lowest BCUT2D eigenvalue weighted by Crippen LogP contribution is -2.09. The molecule has 0 aliphatic carbocycles. The minimum Gasteiger partial charge on any atom is -0.389 e. The highest BCUT2D eigenvalue weighted by molar-refractivity contribution is 7.75. The van der Waals surface area contributed by atoms with Gasteiger partial charge in [0.25, 0.3) is 0 Å². The van der Waals surface area contributed by atoms with Crippen molar-refractivity contribution in [2.24, 2.45) is 0 Å². The summed E-state index contributed by atoms with van der Waals surface area (Å²) >= 11 is 0. The second kappa shape index (κ2) is 6.49. The van der Waals surface area contributed by atoms with Gasteiger partial charge in [0.1, 0.15) is 0 Å². The Morgan fingerprint density at radius 1 is 0.889 bits per heavy atom. The van der Waals surface area contributed by atoms with Crippen molar-refractivity contribution in [2.45, 2.75) is 13.0 Å². The Balaban J connectivity index is 2.35. The average Bonchev–Trinajstić information content (AvgIpc) is 2.41. The fourth-order valence-corrected chi connectivity index (χ4v) is 3.76. The predicted molar refractivity (Wildman–Crippen MR) is 79.9 cm³/mol. The van der Waals surface area contributed by atoms with Crippen molar-refractivity contribution in [3.05, 3.63) is 72.6 Å². The maximum absolute atomic E-state index is 9.42. The van der Waals surface area contributed by atoms with E-state index in [1.807, 2.05) is 18.2 Å². The lowest BCUT2D eigenvalue weighted by atomic mass is 10.4. The second-order valence-corrected chi connectivity index (χ2v) is 6.19. The zero-order valence-corrected chi connectivity index (χ0v) is 11.3. The second-order valence-electron chi connectivity index (χ2n) is 4.12. The first-order chi connectivity index (χ1) is 8.77. The maximum atomic E-state index is 9.42. The molecule has 0 radical (unpaired) electrons. The highest BCUT2D eigenvalue weighted by Gasteiger charge is 2.09. The first-order valence-corrected chi connectivity index (χ1v) is 7.44. The Morgan fingerprint density at radius 2 is 1.33 bits per heavy atom. The van der Waals surface area contributed by atoms with Gasteiger partial charge in [0.15, 0.2) is 0 Å². The van der Waals surface area contributed by atoms with Crippen molar-refractivity contribution in [1.82, 2.24) is 0 Å². The molecule has 1 unspecified atom stereocenters. The summed E-state index contributed by atoms with van der Waals surface area (Å²) in [5, 5.41) is 12.0. The summed E-state index contributed by atoms with van der Waals surface area (Å²) in [5.74, 6) is 2.13. The standard InChI is InChI=1S/C16H17OP/c1-14(17)12-13-18(15-8-4-2-5-9-15)16-10-6-3-7-11-16/h2-14,17H,1H3/b13-12-. The largest absolute Gasteiger partial charge is 0.389 e. The fourth-order valence-electron chi connectivity index (χ4n) is 1.71. The van der Waals surface area contributed by atoms with Crippen LogP contribution in [0.4, 0.5) is 0 Å². The summed E-state index contributed by atoms with van der Waals surface area (Å²) in [6.07, 6.45) is 1.47. The van der Waals surface area contributed by atoms with Crippen LogP contribution in [0, 0.1) is 0 Å². The van der Waals surface area contributed by atoms with E-state index >= 15 is 0 Å². The lowest BCUT2D eigenvalue weighted by Gasteiger charge is -2.14. The number of hydrogen-bond acceptors (Lipinski definition) is 1. The van der Waals surface area contributed by atoms with Gasteiger partial charge < -0.3 is 5.11 Å². The molecule has 1 atom stereocenters. The molecule has 0 aliphatic heterocycles. The van der Waals surface area contributed by atoms with Crippen LogP contribution in [0.25, 0.3) is 0 Å². The van der Waals surface area contributed by atoms with Gasteiger partial charge in [0, 0.05) is 0 Å². The van der Waals surface area contributed by atoms with Crippen molar-refractivity contribution in [3.63, 3.8) is 0 Å². The third kappa shape index (κ3) is 3.53. The van der Waals surface area contributed by atoms with Crippen LogP contribution in [-0.4, -0.2) is 11.2 Å². The fraction of sp³-hybridized carbons (Fsp3) is 0.125. The van der Waals surface area contributed by atoms with E-state index in [-0.39, 0.29) is 0 Å². The van der Waals surface area contributed by atoms with E-state index in [0.29, 0.717) is 0 Å². The van der Waals surface area contributed by atoms with Gasteiger partial charge in [-0.05, 0) is 25.5 Å². The molecule has 0 heterocycles. The summed E-state index contributed by atoms with van der Waals surface area (Å²) in [5.41, 5.74) is 0. The van der Waals surface area contributed by atoms with Crippen LogP contribution in [0.3, 0.4) is 0 Å². The van der Waals surface area contributed by atoms with Crippen molar-refractivity contribution in [3.8, 4) is 0 Å². The van der Waals surface area contributed by atoms with Gasteiger partial charge in [-0.25, -0.2) is 0 Å². The quantitative estimate of drug-likeness (QED) is 0.834. The number of rotatable bonds is 4. The molecule has 1 N–H and O–H groups in total. The molecule has 2 rings (SSSR count). The van der Waals surface area contributed by atoms with Gasteiger partial charge in [-0.2, -0.15) is 0 Å². The molecule has 92 valence electrons. The normalized spacial score (nSPS) is 13.1. The Kier molecular flexibility index (Phi) is 4.69. The SMILES string of the molecule is CC(O)/C=C\P(c1ccccc1)c1ccccc1. The molecule has 0 saturated carbocycles. The van der Waals surface area contributed by atoms with E-state index in [0.717, 1.165) is 0 Å². The van der Waals surface area contributed by atoms with Gasteiger partial charge in [-0.3, -0.25) is 0 Å². The molecule has 0 fully saturated rings. The molecule has 0 saturated heterocycles. The summed E-state index contributed by atoms with van der Waals surface area (Å²) in [4.78, 5) is 0. The third-order valence-electron chi connectivity index (χ3n) is 2.58. The van der Waals surface area contributed by atoms with Crippen LogP contribution in [0.5, 0.6) is 0 Å². The molecule has 0 aromatic heterocycles. The number of aliphatic hydroxyl groups is 1. The van der Waals surface area contributed by atoms with E-state index in [9.17, 15) is 5.11 Å². The van der Waals surface area contributed by atoms with Crippen LogP contribution in [0.1, 0.15) is 6.92 Å². The molecule has 0 spiro atoms. The van der Waals surface area contributed by atoms with Crippen LogP contribution < -0.4 is 10.6 Å². The topological polar surface area (TPSA) is 20.2 Å². The number of hydrogen-bond donors (Lipinski definition) is 1. The molecule has 2 aromatic carbocycles. The predicted octanol–water partition coefficient (Wildman–Crippen LogP) is 3.01. The molecular weight excluding hydrogens is 239 g/mol. The van der Waals surface area contributed by atoms with Gasteiger partial charge in [-0.1, -0.05) is 72.6 Å². The zero-order chi connectivity index (χ0) is 12.8. The molecule has 18 heavy (non-hydrogen) atoms. The molecule has 0 bridgehead atoms. The Morgan fingerprint density at radius 3 is 1.72 bits per heavy atom. The zero-order valence-electron chi connectivity index (χ0n) is 10.4. The van der Waals surface area contributed by atoms with Gasteiger partial charge >= 0.3 is 0 Å². The van der Waals surface area contributed by atoms with Crippen LogP contribution in [0.15, 0.2) is 72.6 Å².